The van der Waals surface area contributed by atoms with Crippen LogP contribution in [0.15, 0.2) is 24.5 Å². The lowest BCUT2D eigenvalue weighted by Crippen LogP contribution is -2.50. The molecule has 1 aromatic rings. The van der Waals surface area contributed by atoms with Crippen molar-refractivity contribution in [2.75, 3.05) is 24.5 Å². The highest BCUT2D eigenvalue weighted by atomic mass is 16.2. The van der Waals surface area contributed by atoms with E-state index in [2.05, 4.69) is 10.3 Å². The zero-order valence-corrected chi connectivity index (χ0v) is 10.4. The summed E-state index contributed by atoms with van der Waals surface area (Å²) in [6.07, 6.45) is 3.45. The van der Waals surface area contributed by atoms with Crippen LogP contribution in [0.2, 0.25) is 0 Å². The van der Waals surface area contributed by atoms with Gasteiger partial charge in [-0.05, 0) is 38.1 Å². The number of nitrogens with zero attached hydrogens (tertiary/aromatic N) is 2. The highest BCUT2D eigenvalue weighted by molar-refractivity contribution is 5.94. The van der Waals surface area contributed by atoms with Gasteiger partial charge in [0.1, 0.15) is 0 Å². The second-order valence-corrected chi connectivity index (χ2v) is 4.49. The van der Waals surface area contributed by atoms with Crippen molar-refractivity contribution in [3.8, 4) is 0 Å². The quantitative estimate of drug-likeness (QED) is 0.852. The second kappa shape index (κ2) is 5.27. The lowest BCUT2D eigenvalue weighted by atomic mass is 9.88. The first-order valence-electron chi connectivity index (χ1n) is 6.16. The monoisotopic (exact) mass is 233 g/mol. The Morgan fingerprint density at radius 3 is 2.65 bits per heavy atom. The van der Waals surface area contributed by atoms with Gasteiger partial charge in [-0.25, -0.2) is 0 Å². The minimum absolute atomic E-state index is 0.0874. The normalized spacial score (nSPS) is 17.3. The van der Waals surface area contributed by atoms with Gasteiger partial charge in [0.2, 0.25) is 5.91 Å². The summed E-state index contributed by atoms with van der Waals surface area (Å²) >= 11 is 0. The Morgan fingerprint density at radius 2 is 2.18 bits per heavy atom. The van der Waals surface area contributed by atoms with E-state index in [-0.39, 0.29) is 11.8 Å². The van der Waals surface area contributed by atoms with Gasteiger partial charge < -0.3 is 10.2 Å². The number of pyridine rings is 1. The van der Waals surface area contributed by atoms with E-state index in [1.54, 1.807) is 12.4 Å². The smallest absolute Gasteiger partial charge is 0.230 e. The highest BCUT2D eigenvalue weighted by Gasteiger charge is 2.31. The number of anilines is 1. The summed E-state index contributed by atoms with van der Waals surface area (Å²) in [7, 11) is 0. The van der Waals surface area contributed by atoms with Crippen molar-refractivity contribution in [1.82, 2.24) is 10.3 Å². The highest BCUT2D eigenvalue weighted by Crippen LogP contribution is 2.22. The summed E-state index contributed by atoms with van der Waals surface area (Å²) in [4.78, 5) is 18.2. The maximum atomic E-state index is 12.4. The first-order valence-corrected chi connectivity index (χ1v) is 6.16. The van der Waals surface area contributed by atoms with Crippen LogP contribution in [0.3, 0.4) is 0 Å². The van der Waals surface area contributed by atoms with E-state index in [0.717, 1.165) is 18.8 Å². The summed E-state index contributed by atoms with van der Waals surface area (Å²) in [5, 5.41) is 3.21. The molecule has 2 heterocycles. The molecule has 92 valence electrons. The molecule has 1 aliphatic rings. The van der Waals surface area contributed by atoms with Crippen molar-refractivity contribution in [2.45, 2.75) is 13.8 Å². The molecule has 1 unspecified atom stereocenters. The molecule has 0 saturated carbocycles. The molecule has 0 spiro atoms. The van der Waals surface area contributed by atoms with Crippen molar-refractivity contribution >= 4 is 11.6 Å². The van der Waals surface area contributed by atoms with Crippen LogP contribution in [0.5, 0.6) is 0 Å². The summed E-state index contributed by atoms with van der Waals surface area (Å²) in [5.74, 6) is 0.785. The summed E-state index contributed by atoms with van der Waals surface area (Å²) in [6.45, 7) is 6.65. The van der Waals surface area contributed by atoms with E-state index in [4.69, 9.17) is 0 Å². The van der Waals surface area contributed by atoms with E-state index in [1.807, 2.05) is 30.9 Å². The summed E-state index contributed by atoms with van der Waals surface area (Å²) in [5.41, 5.74) is 0.937. The largest absolute Gasteiger partial charge is 0.316 e. The van der Waals surface area contributed by atoms with Gasteiger partial charge in [0.25, 0.3) is 0 Å². The van der Waals surface area contributed by atoms with Crippen LogP contribution in [-0.2, 0) is 4.79 Å². The lowest BCUT2D eigenvalue weighted by molar-refractivity contribution is -0.124. The molecule has 0 radical (unpaired) electrons. The molecule has 4 nitrogen and oxygen atoms in total. The lowest BCUT2D eigenvalue weighted by Gasteiger charge is -2.34. The molecule has 1 atom stereocenters. The van der Waals surface area contributed by atoms with E-state index >= 15 is 0 Å². The molecule has 2 rings (SSSR count). The van der Waals surface area contributed by atoms with Crippen LogP contribution >= 0.6 is 0 Å². The Hall–Kier alpha value is -1.42. The summed E-state index contributed by atoms with van der Waals surface area (Å²) in [6, 6.07) is 3.76. The number of nitrogens with one attached hydrogen (secondary N) is 1. The zero-order valence-electron chi connectivity index (χ0n) is 10.4. The molecule has 0 aromatic carbocycles. The van der Waals surface area contributed by atoms with Gasteiger partial charge in [-0.2, -0.15) is 0 Å². The molecule has 1 aromatic heterocycles. The molecular weight excluding hydrogens is 214 g/mol. The number of carbonyl (C=O) groups excluding carboxylic acids is 1. The van der Waals surface area contributed by atoms with Crippen LogP contribution in [0.4, 0.5) is 5.69 Å². The van der Waals surface area contributed by atoms with Crippen molar-refractivity contribution in [1.29, 1.82) is 0 Å². The minimum atomic E-state index is 0.0874. The standard InChI is InChI=1S/C13H19N3O/c1-3-16(12-4-6-14-7-5-12)13(17)10(2)11-8-15-9-11/h4-7,10-11,15H,3,8-9H2,1-2H3. The van der Waals surface area contributed by atoms with Crippen molar-refractivity contribution in [3.05, 3.63) is 24.5 Å². The second-order valence-electron chi connectivity index (χ2n) is 4.49. The minimum Gasteiger partial charge on any atom is -0.316 e. The van der Waals surface area contributed by atoms with Gasteiger partial charge >= 0.3 is 0 Å². The molecule has 0 bridgehead atoms. The molecule has 0 aliphatic carbocycles. The number of hydrogen-bond donors (Lipinski definition) is 1. The maximum absolute atomic E-state index is 12.4. The fourth-order valence-electron chi connectivity index (χ4n) is 2.10. The SMILES string of the molecule is CCN(C(=O)C(C)C1CNC1)c1ccncc1. The molecule has 1 N–H and O–H groups in total. The maximum Gasteiger partial charge on any atom is 0.230 e. The van der Waals surface area contributed by atoms with Crippen LogP contribution in [0.1, 0.15) is 13.8 Å². The van der Waals surface area contributed by atoms with Crippen LogP contribution < -0.4 is 10.2 Å². The third-order valence-corrected chi connectivity index (χ3v) is 3.47. The molecule has 4 heteroatoms. The molecule has 17 heavy (non-hydrogen) atoms. The first-order chi connectivity index (χ1) is 8.24. The van der Waals surface area contributed by atoms with Crippen molar-refractivity contribution in [2.24, 2.45) is 11.8 Å². The van der Waals surface area contributed by atoms with Crippen LogP contribution in [0.25, 0.3) is 0 Å². The number of aromatic nitrogens is 1. The number of hydrogen-bond acceptors (Lipinski definition) is 3. The third kappa shape index (κ3) is 2.47. The Bertz CT molecular complexity index is 376. The fraction of sp³-hybridized carbons (Fsp3) is 0.538. The predicted octanol–water partition coefficient (Wildman–Crippen LogP) is 1.29. The average molecular weight is 233 g/mol. The number of amides is 1. The molecule has 1 amide bonds. The Balaban J connectivity index is 2.10. The number of rotatable bonds is 4. The molecule has 1 fully saturated rings. The topological polar surface area (TPSA) is 45.2 Å². The zero-order chi connectivity index (χ0) is 12.3. The Labute approximate surface area is 102 Å². The van der Waals surface area contributed by atoms with Gasteiger partial charge in [-0.15, -0.1) is 0 Å². The average Bonchev–Trinajstić information content (AvgIpc) is 2.29. The van der Waals surface area contributed by atoms with E-state index in [1.165, 1.54) is 0 Å². The van der Waals surface area contributed by atoms with E-state index in [0.29, 0.717) is 12.5 Å². The van der Waals surface area contributed by atoms with Gasteiger partial charge in [-0.1, -0.05) is 6.92 Å². The van der Waals surface area contributed by atoms with Crippen molar-refractivity contribution < 1.29 is 4.79 Å². The molecule has 1 saturated heterocycles. The first kappa shape index (κ1) is 12.0. The predicted molar refractivity (Wildman–Crippen MR) is 67.8 cm³/mol. The van der Waals surface area contributed by atoms with E-state index < -0.39 is 0 Å². The Morgan fingerprint density at radius 1 is 1.53 bits per heavy atom. The van der Waals surface area contributed by atoms with Crippen LogP contribution in [0, 0.1) is 11.8 Å². The summed E-state index contributed by atoms with van der Waals surface area (Å²) < 4.78 is 0. The van der Waals surface area contributed by atoms with Gasteiger partial charge in [0.05, 0.1) is 0 Å². The number of carbonyl (C=O) groups is 1. The molecular formula is C13H19N3O. The van der Waals surface area contributed by atoms with E-state index in [9.17, 15) is 4.79 Å². The fourth-order valence-corrected chi connectivity index (χ4v) is 2.10. The third-order valence-electron chi connectivity index (χ3n) is 3.47. The Kier molecular flexibility index (Phi) is 3.74. The van der Waals surface area contributed by atoms with Crippen molar-refractivity contribution in [3.63, 3.8) is 0 Å². The van der Waals surface area contributed by atoms with Gasteiger partial charge in [0, 0.05) is 30.5 Å². The van der Waals surface area contributed by atoms with Gasteiger partial charge in [0.15, 0.2) is 0 Å². The molecule has 1 aliphatic heterocycles. The van der Waals surface area contributed by atoms with Gasteiger partial charge in [-0.3, -0.25) is 9.78 Å². The van der Waals surface area contributed by atoms with Crippen LogP contribution in [-0.4, -0.2) is 30.5 Å².